The number of rotatable bonds is 10. The van der Waals surface area contributed by atoms with Crippen molar-refractivity contribution in [2.24, 2.45) is 11.5 Å². The summed E-state index contributed by atoms with van der Waals surface area (Å²) in [5, 5.41) is 14.9. The van der Waals surface area contributed by atoms with Crippen LogP contribution in [0.1, 0.15) is 30.7 Å². The molecule has 8 heteroatoms. The molecule has 0 fully saturated rings. The van der Waals surface area contributed by atoms with Gasteiger partial charge in [0.2, 0.25) is 0 Å². The van der Waals surface area contributed by atoms with Crippen molar-refractivity contribution in [3.05, 3.63) is 48.0 Å². The van der Waals surface area contributed by atoms with E-state index in [0.717, 1.165) is 19.3 Å². The molecular weight excluding hydrogens is 320 g/mol. The van der Waals surface area contributed by atoms with Gasteiger partial charge in [0.15, 0.2) is 0 Å². The number of hydrogen-bond donors (Lipinski definition) is 4. The Balaban J connectivity index is 1.68. The number of pyridine rings is 2. The predicted octanol–water partition coefficient (Wildman–Crippen LogP) is 1.67. The van der Waals surface area contributed by atoms with Gasteiger partial charge in [-0.05, 0) is 43.5 Å². The Labute approximate surface area is 146 Å². The highest BCUT2D eigenvalue weighted by molar-refractivity contribution is 5.96. The van der Waals surface area contributed by atoms with Gasteiger partial charge in [-0.2, -0.15) is 0 Å². The molecule has 2 aromatic rings. The summed E-state index contributed by atoms with van der Waals surface area (Å²) in [5.74, 6) is 0.823. The topological polar surface area (TPSA) is 144 Å². The second-order valence-corrected chi connectivity index (χ2v) is 5.29. The molecule has 8 nitrogen and oxygen atoms in total. The van der Waals surface area contributed by atoms with Gasteiger partial charge in [-0.15, -0.1) is 0 Å². The van der Waals surface area contributed by atoms with Gasteiger partial charge >= 0.3 is 0 Å². The molecule has 132 valence electrons. The minimum Gasteiger partial charge on any atom is -0.491 e. The van der Waals surface area contributed by atoms with E-state index in [-0.39, 0.29) is 11.7 Å². The van der Waals surface area contributed by atoms with Gasteiger partial charge in [-0.25, -0.2) is 9.97 Å². The maximum atomic E-state index is 7.47. The Morgan fingerprint density at radius 1 is 0.800 bits per heavy atom. The molecule has 0 unspecified atom stereocenters. The van der Waals surface area contributed by atoms with Crippen LogP contribution in [0.2, 0.25) is 0 Å². The molecule has 0 spiro atoms. The molecule has 6 N–H and O–H groups in total. The molecule has 0 atom stereocenters. The van der Waals surface area contributed by atoms with Gasteiger partial charge in [0.1, 0.15) is 34.6 Å². The SMILES string of the molecule is N=C(N)c1ncccc1OCCCCCOc1cccnc1C(=N)N. The first-order chi connectivity index (χ1) is 12.1. The Kier molecular flexibility index (Phi) is 6.70. The van der Waals surface area contributed by atoms with E-state index in [4.69, 9.17) is 31.8 Å². The Hall–Kier alpha value is -3.16. The summed E-state index contributed by atoms with van der Waals surface area (Å²) >= 11 is 0. The van der Waals surface area contributed by atoms with Gasteiger partial charge < -0.3 is 20.9 Å². The summed E-state index contributed by atoms with van der Waals surface area (Å²) in [6, 6.07) is 6.99. The Morgan fingerprint density at radius 3 is 1.64 bits per heavy atom. The van der Waals surface area contributed by atoms with Crippen molar-refractivity contribution in [1.29, 1.82) is 10.8 Å². The van der Waals surface area contributed by atoms with E-state index in [1.165, 1.54) is 0 Å². The zero-order chi connectivity index (χ0) is 18.1. The van der Waals surface area contributed by atoms with E-state index in [9.17, 15) is 0 Å². The summed E-state index contributed by atoms with van der Waals surface area (Å²) in [5.41, 5.74) is 11.7. The average Bonchev–Trinajstić information content (AvgIpc) is 2.61. The summed E-state index contributed by atoms with van der Waals surface area (Å²) in [4.78, 5) is 8.07. The molecule has 0 saturated carbocycles. The molecule has 2 rings (SSSR count). The first-order valence-electron chi connectivity index (χ1n) is 7.94. The van der Waals surface area contributed by atoms with Gasteiger partial charge in [-0.1, -0.05) is 0 Å². The predicted molar refractivity (Wildman–Crippen MR) is 95.3 cm³/mol. The van der Waals surface area contributed by atoms with Crippen molar-refractivity contribution in [2.75, 3.05) is 13.2 Å². The molecule has 0 amide bonds. The molecule has 0 aliphatic carbocycles. The standard InChI is InChI=1S/C17H22N6O2/c18-16(19)14-12(6-4-8-22-14)24-10-2-1-3-11-25-13-7-5-9-23-15(13)17(20)21/h4-9H,1-3,10-11H2,(H3,18,19)(H3,20,21). The number of aromatic nitrogens is 2. The zero-order valence-corrected chi connectivity index (χ0v) is 13.9. The highest BCUT2D eigenvalue weighted by Gasteiger charge is 2.08. The quantitative estimate of drug-likeness (QED) is 0.294. The molecule has 0 radical (unpaired) electrons. The normalized spacial score (nSPS) is 10.2. The first kappa shape index (κ1) is 18.2. The lowest BCUT2D eigenvalue weighted by molar-refractivity contribution is 0.278. The summed E-state index contributed by atoms with van der Waals surface area (Å²) in [7, 11) is 0. The molecule has 0 saturated heterocycles. The van der Waals surface area contributed by atoms with Crippen LogP contribution in [-0.4, -0.2) is 34.9 Å². The fraction of sp³-hybridized carbons (Fsp3) is 0.294. The second kappa shape index (κ2) is 9.21. The van der Waals surface area contributed by atoms with Crippen molar-refractivity contribution in [3.63, 3.8) is 0 Å². The Bertz CT molecular complexity index is 673. The van der Waals surface area contributed by atoms with Crippen LogP contribution in [0.25, 0.3) is 0 Å². The molecule has 25 heavy (non-hydrogen) atoms. The van der Waals surface area contributed by atoms with Crippen LogP contribution in [-0.2, 0) is 0 Å². The minimum absolute atomic E-state index is 0.109. The number of hydrogen-bond acceptors (Lipinski definition) is 6. The number of nitrogen functional groups attached to an aromatic ring is 2. The fourth-order valence-corrected chi connectivity index (χ4v) is 2.16. The lowest BCUT2D eigenvalue weighted by Crippen LogP contribution is -2.15. The third-order valence-electron chi connectivity index (χ3n) is 3.36. The van der Waals surface area contributed by atoms with Gasteiger partial charge in [0, 0.05) is 12.4 Å². The maximum absolute atomic E-state index is 7.47. The van der Waals surface area contributed by atoms with Crippen LogP contribution >= 0.6 is 0 Å². The van der Waals surface area contributed by atoms with Crippen molar-refractivity contribution >= 4 is 11.7 Å². The van der Waals surface area contributed by atoms with E-state index >= 15 is 0 Å². The molecule has 2 aromatic heterocycles. The van der Waals surface area contributed by atoms with E-state index in [1.807, 2.05) is 0 Å². The lowest BCUT2D eigenvalue weighted by atomic mass is 10.2. The first-order valence-corrected chi connectivity index (χ1v) is 7.94. The number of nitrogens with one attached hydrogen (secondary N) is 2. The van der Waals surface area contributed by atoms with Gasteiger partial charge in [-0.3, -0.25) is 10.8 Å². The molecule has 2 heterocycles. The fourth-order valence-electron chi connectivity index (χ4n) is 2.16. The smallest absolute Gasteiger partial charge is 0.148 e. The number of nitrogens with two attached hydrogens (primary N) is 2. The monoisotopic (exact) mass is 342 g/mol. The van der Waals surface area contributed by atoms with E-state index in [0.29, 0.717) is 36.1 Å². The van der Waals surface area contributed by atoms with Crippen molar-refractivity contribution in [3.8, 4) is 11.5 Å². The highest BCUT2D eigenvalue weighted by atomic mass is 16.5. The molecule has 0 bridgehead atoms. The lowest BCUT2D eigenvalue weighted by Gasteiger charge is -2.10. The molecule has 0 aromatic carbocycles. The maximum Gasteiger partial charge on any atom is 0.148 e. The largest absolute Gasteiger partial charge is 0.491 e. The van der Waals surface area contributed by atoms with E-state index in [1.54, 1.807) is 36.7 Å². The minimum atomic E-state index is -0.109. The van der Waals surface area contributed by atoms with Crippen LogP contribution in [0.5, 0.6) is 11.5 Å². The Morgan fingerprint density at radius 2 is 1.24 bits per heavy atom. The molecular formula is C17H22N6O2. The van der Waals surface area contributed by atoms with Crippen LogP contribution in [0.15, 0.2) is 36.7 Å². The molecule has 0 aliphatic rings. The summed E-state index contributed by atoms with van der Waals surface area (Å²) < 4.78 is 11.3. The van der Waals surface area contributed by atoms with Crippen LogP contribution in [0.4, 0.5) is 0 Å². The van der Waals surface area contributed by atoms with Crippen LogP contribution < -0.4 is 20.9 Å². The van der Waals surface area contributed by atoms with Crippen LogP contribution in [0, 0.1) is 10.8 Å². The van der Waals surface area contributed by atoms with E-state index in [2.05, 4.69) is 9.97 Å². The number of nitrogens with zero attached hydrogens (tertiary/aromatic N) is 2. The average molecular weight is 342 g/mol. The number of ether oxygens (including phenoxy) is 2. The highest BCUT2D eigenvalue weighted by Crippen LogP contribution is 2.16. The number of unbranched alkanes of at least 4 members (excludes halogenated alkanes) is 2. The summed E-state index contributed by atoms with van der Waals surface area (Å²) in [6.07, 6.45) is 5.74. The van der Waals surface area contributed by atoms with Gasteiger partial charge in [0.25, 0.3) is 0 Å². The molecule has 0 aliphatic heterocycles. The summed E-state index contributed by atoms with van der Waals surface area (Å²) in [6.45, 7) is 1.02. The van der Waals surface area contributed by atoms with Gasteiger partial charge in [0.05, 0.1) is 13.2 Å². The third kappa shape index (κ3) is 5.45. The van der Waals surface area contributed by atoms with Crippen molar-refractivity contribution < 1.29 is 9.47 Å². The van der Waals surface area contributed by atoms with Crippen molar-refractivity contribution in [2.45, 2.75) is 19.3 Å². The van der Waals surface area contributed by atoms with Crippen LogP contribution in [0.3, 0.4) is 0 Å². The van der Waals surface area contributed by atoms with E-state index < -0.39 is 0 Å². The van der Waals surface area contributed by atoms with Crippen molar-refractivity contribution in [1.82, 2.24) is 9.97 Å². The second-order valence-electron chi connectivity index (χ2n) is 5.29. The third-order valence-corrected chi connectivity index (χ3v) is 3.36. The number of amidine groups is 2. The zero-order valence-electron chi connectivity index (χ0n) is 13.9.